The topological polar surface area (TPSA) is 149 Å². The van der Waals surface area contributed by atoms with Crippen LogP contribution in [0, 0.1) is 0 Å². The van der Waals surface area contributed by atoms with Gasteiger partial charge in [-0.3, -0.25) is 14.8 Å². The molecule has 10 nitrogen and oxygen atoms in total. The number of piperidine rings is 1. The van der Waals surface area contributed by atoms with Crippen molar-refractivity contribution >= 4 is 28.7 Å². The van der Waals surface area contributed by atoms with Crippen molar-refractivity contribution in [3.05, 3.63) is 54.5 Å². The fourth-order valence-corrected chi connectivity index (χ4v) is 3.74. The number of fused-ring (bicyclic) bond motifs is 1. The number of carbonyl (C=O) groups is 2. The number of amides is 2. The van der Waals surface area contributed by atoms with Gasteiger partial charge in [0.25, 0.3) is 5.91 Å². The zero-order valence-electron chi connectivity index (χ0n) is 16.2. The third kappa shape index (κ3) is 3.70. The minimum Gasteiger partial charge on any atom is -0.356 e. The molecule has 1 aliphatic rings. The summed E-state index contributed by atoms with van der Waals surface area (Å²) >= 11 is 0. The first kappa shape index (κ1) is 19.8. The molecular formula is C20H23N7O3. The van der Waals surface area contributed by atoms with E-state index in [9.17, 15) is 9.59 Å². The lowest BCUT2D eigenvalue weighted by molar-refractivity contribution is -0.136. The molecule has 3 aromatic rings. The Morgan fingerprint density at radius 3 is 2.60 bits per heavy atom. The Bertz CT molecular complexity index is 1040. The molecular weight excluding hydrogens is 386 g/mol. The number of nitrogens with zero attached hydrogens (tertiary/aromatic N) is 3. The van der Waals surface area contributed by atoms with Crippen molar-refractivity contribution in [2.75, 3.05) is 18.0 Å². The van der Waals surface area contributed by atoms with Crippen molar-refractivity contribution in [1.82, 2.24) is 25.7 Å². The Morgan fingerprint density at radius 1 is 1.17 bits per heavy atom. The molecule has 6 N–H and O–H groups in total. The van der Waals surface area contributed by atoms with Crippen LogP contribution in [-0.4, -0.2) is 50.6 Å². The number of rotatable bonds is 5. The lowest BCUT2D eigenvalue weighted by Crippen LogP contribution is -2.61. The number of carbonyl (C=O) groups excluding carboxylic acids is 2. The van der Waals surface area contributed by atoms with Gasteiger partial charge in [0.15, 0.2) is 0 Å². The number of hydroxylamine groups is 1. The normalized spacial score (nSPS) is 16.8. The molecule has 10 heteroatoms. The smallest absolute Gasteiger partial charge is 0.270 e. The van der Waals surface area contributed by atoms with Crippen molar-refractivity contribution in [3.8, 4) is 0 Å². The number of benzene rings is 1. The second kappa shape index (κ2) is 8.09. The van der Waals surface area contributed by atoms with Crippen molar-refractivity contribution in [3.63, 3.8) is 0 Å². The summed E-state index contributed by atoms with van der Waals surface area (Å²) in [5, 5.41) is 12.7. The third-order valence-electron chi connectivity index (χ3n) is 5.52. The molecule has 1 fully saturated rings. The SMILES string of the molecule is NC1(C(=O)N[C@H](C(=O)NO)c2ccccc2)CCN(c2ncnc3[nH]ccc23)CC1. The predicted molar refractivity (Wildman–Crippen MR) is 110 cm³/mol. The predicted octanol–water partition coefficient (Wildman–Crippen LogP) is 0.619. The van der Waals surface area contributed by atoms with Gasteiger partial charge in [-0.15, -0.1) is 0 Å². The van der Waals surface area contributed by atoms with Crippen LogP contribution in [0.25, 0.3) is 11.0 Å². The summed E-state index contributed by atoms with van der Waals surface area (Å²) in [6.45, 7) is 1.06. The Labute approximate surface area is 172 Å². The Kier molecular flexibility index (Phi) is 5.34. The van der Waals surface area contributed by atoms with E-state index in [0.717, 1.165) is 16.9 Å². The van der Waals surface area contributed by atoms with Crippen LogP contribution in [-0.2, 0) is 9.59 Å². The largest absolute Gasteiger partial charge is 0.356 e. The maximum Gasteiger partial charge on any atom is 0.270 e. The molecule has 2 aromatic heterocycles. The van der Waals surface area contributed by atoms with E-state index in [1.165, 1.54) is 6.33 Å². The number of H-pyrrole nitrogens is 1. The first-order valence-corrected chi connectivity index (χ1v) is 9.63. The number of aromatic amines is 1. The lowest BCUT2D eigenvalue weighted by atomic mass is 9.87. The number of anilines is 1. The summed E-state index contributed by atoms with van der Waals surface area (Å²) in [5.74, 6) is -0.369. The number of nitrogens with two attached hydrogens (primary N) is 1. The Balaban J connectivity index is 1.47. The highest BCUT2D eigenvalue weighted by Gasteiger charge is 2.40. The molecule has 2 amide bonds. The van der Waals surface area contributed by atoms with E-state index in [4.69, 9.17) is 10.9 Å². The van der Waals surface area contributed by atoms with E-state index in [1.807, 2.05) is 12.3 Å². The summed E-state index contributed by atoms with van der Waals surface area (Å²) < 4.78 is 0. The van der Waals surface area contributed by atoms with Crippen LogP contribution in [0.5, 0.6) is 0 Å². The zero-order chi connectivity index (χ0) is 21.1. The van der Waals surface area contributed by atoms with Gasteiger partial charge in [0.2, 0.25) is 5.91 Å². The van der Waals surface area contributed by atoms with Crippen LogP contribution in [0.1, 0.15) is 24.4 Å². The maximum atomic E-state index is 13.0. The first-order valence-electron chi connectivity index (χ1n) is 9.63. The molecule has 156 valence electrons. The number of hydrogen-bond donors (Lipinski definition) is 5. The summed E-state index contributed by atoms with van der Waals surface area (Å²) in [7, 11) is 0. The van der Waals surface area contributed by atoms with Gasteiger partial charge in [-0.25, -0.2) is 15.4 Å². The van der Waals surface area contributed by atoms with Gasteiger partial charge in [-0.1, -0.05) is 30.3 Å². The second-order valence-electron chi connectivity index (χ2n) is 7.37. The highest BCUT2D eigenvalue weighted by atomic mass is 16.5. The van der Waals surface area contributed by atoms with Crippen molar-refractivity contribution in [2.45, 2.75) is 24.4 Å². The van der Waals surface area contributed by atoms with Gasteiger partial charge in [-0.2, -0.15) is 0 Å². The van der Waals surface area contributed by atoms with Gasteiger partial charge in [0.1, 0.15) is 23.8 Å². The highest BCUT2D eigenvalue weighted by Crippen LogP contribution is 2.28. The molecule has 0 spiro atoms. The van der Waals surface area contributed by atoms with Crippen molar-refractivity contribution < 1.29 is 14.8 Å². The minimum absolute atomic E-state index is 0.386. The fourth-order valence-electron chi connectivity index (χ4n) is 3.74. The van der Waals surface area contributed by atoms with Crippen molar-refractivity contribution in [2.24, 2.45) is 5.73 Å². The average molecular weight is 409 g/mol. The van der Waals surface area contributed by atoms with Crippen LogP contribution < -0.4 is 21.4 Å². The molecule has 1 atom stereocenters. The van der Waals surface area contributed by atoms with Crippen LogP contribution in [0.4, 0.5) is 5.82 Å². The van der Waals surface area contributed by atoms with E-state index in [2.05, 4.69) is 25.2 Å². The summed E-state index contributed by atoms with van der Waals surface area (Å²) in [6.07, 6.45) is 4.08. The van der Waals surface area contributed by atoms with Gasteiger partial charge in [0.05, 0.1) is 10.9 Å². The zero-order valence-corrected chi connectivity index (χ0v) is 16.2. The van der Waals surface area contributed by atoms with Crippen LogP contribution in [0.2, 0.25) is 0 Å². The molecule has 4 rings (SSSR count). The quantitative estimate of drug-likeness (QED) is 0.306. The molecule has 0 bridgehead atoms. The second-order valence-corrected chi connectivity index (χ2v) is 7.37. The van der Waals surface area contributed by atoms with Gasteiger partial charge in [0, 0.05) is 19.3 Å². The molecule has 0 aliphatic carbocycles. The average Bonchev–Trinajstić information content (AvgIpc) is 3.27. The van der Waals surface area contributed by atoms with Crippen LogP contribution in [0.3, 0.4) is 0 Å². The van der Waals surface area contributed by atoms with E-state index in [-0.39, 0.29) is 0 Å². The van der Waals surface area contributed by atoms with E-state index >= 15 is 0 Å². The number of aromatic nitrogens is 3. The van der Waals surface area contributed by atoms with Gasteiger partial charge >= 0.3 is 0 Å². The molecule has 1 aliphatic heterocycles. The molecule has 30 heavy (non-hydrogen) atoms. The molecule has 0 unspecified atom stereocenters. The number of nitrogens with one attached hydrogen (secondary N) is 3. The fraction of sp³-hybridized carbons (Fsp3) is 0.300. The third-order valence-corrected chi connectivity index (χ3v) is 5.52. The van der Waals surface area contributed by atoms with Gasteiger partial charge in [-0.05, 0) is 24.5 Å². The summed E-state index contributed by atoms with van der Waals surface area (Å²) in [6, 6.07) is 9.57. The van der Waals surface area contributed by atoms with E-state index in [0.29, 0.717) is 31.5 Å². The first-order chi connectivity index (χ1) is 14.5. The number of hydrogen-bond acceptors (Lipinski definition) is 7. The monoisotopic (exact) mass is 409 g/mol. The summed E-state index contributed by atoms with van der Waals surface area (Å²) in [4.78, 5) is 38.8. The Morgan fingerprint density at radius 2 is 1.90 bits per heavy atom. The summed E-state index contributed by atoms with van der Waals surface area (Å²) in [5.41, 5.74) is 8.21. The molecule has 1 saturated heterocycles. The molecule has 0 saturated carbocycles. The van der Waals surface area contributed by atoms with Crippen LogP contribution in [0.15, 0.2) is 48.9 Å². The lowest BCUT2D eigenvalue weighted by Gasteiger charge is -2.39. The van der Waals surface area contributed by atoms with E-state index in [1.54, 1.807) is 35.8 Å². The maximum absolute atomic E-state index is 13.0. The standard InChI is InChI=1S/C20H23N7O3/c21-20(19(29)25-15(18(28)26-30)13-4-2-1-3-5-13)7-10-27(11-8-20)17-14-6-9-22-16(14)23-12-24-17/h1-6,9,12,15,30H,7-8,10-11,21H2,(H,25,29)(H,26,28)(H,22,23,24)/t15-/m0/s1. The molecule has 1 aromatic carbocycles. The van der Waals surface area contributed by atoms with Crippen molar-refractivity contribution in [1.29, 1.82) is 0 Å². The highest BCUT2D eigenvalue weighted by molar-refractivity contribution is 5.93. The molecule has 3 heterocycles. The minimum atomic E-state index is -1.14. The van der Waals surface area contributed by atoms with Gasteiger partial charge < -0.3 is 20.9 Å². The molecule has 0 radical (unpaired) electrons. The van der Waals surface area contributed by atoms with Crippen LogP contribution >= 0.6 is 0 Å². The Hall–Kier alpha value is -3.50. The van der Waals surface area contributed by atoms with E-state index < -0.39 is 23.4 Å².